The molecule has 1 unspecified atom stereocenters. The SMILES string of the molecule is O=C(O)c1ccc(-n2nc(C3CCCN(Cc4ccccc4)C3)c3c2NCCCC3)cc1. The van der Waals surface area contributed by atoms with E-state index in [0.717, 1.165) is 63.4 Å². The van der Waals surface area contributed by atoms with Crippen molar-refractivity contribution in [2.45, 2.75) is 44.6 Å². The molecule has 32 heavy (non-hydrogen) atoms. The molecule has 3 heterocycles. The van der Waals surface area contributed by atoms with Crippen LogP contribution in [0.4, 0.5) is 5.82 Å². The zero-order valence-electron chi connectivity index (χ0n) is 18.3. The Labute approximate surface area is 188 Å². The van der Waals surface area contributed by atoms with E-state index in [1.54, 1.807) is 12.1 Å². The fourth-order valence-corrected chi connectivity index (χ4v) is 5.05. The Morgan fingerprint density at radius 1 is 1.06 bits per heavy atom. The van der Waals surface area contributed by atoms with Crippen molar-refractivity contribution in [1.29, 1.82) is 0 Å². The molecule has 6 heteroatoms. The minimum atomic E-state index is -0.907. The van der Waals surface area contributed by atoms with Crippen molar-refractivity contribution in [1.82, 2.24) is 14.7 Å². The molecule has 0 radical (unpaired) electrons. The number of carboxylic acid groups (broad SMARTS) is 1. The molecule has 1 fully saturated rings. The van der Waals surface area contributed by atoms with Crippen molar-refractivity contribution in [3.05, 3.63) is 77.0 Å². The van der Waals surface area contributed by atoms with Gasteiger partial charge in [0.1, 0.15) is 5.82 Å². The van der Waals surface area contributed by atoms with Gasteiger partial charge in [-0.1, -0.05) is 30.3 Å². The highest BCUT2D eigenvalue weighted by atomic mass is 16.4. The molecule has 1 saturated heterocycles. The van der Waals surface area contributed by atoms with Gasteiger partial charge in [0.2, 0.25) is 0 Å². The minimum Gasteiger partial charge on any atom is -0.478 e. The second-order valence-corrected chi connectivity index (χ2v) is 8.92. The van der Waals surface area contributed by atoms with E-state index in [9.17, 15) is 9.90 Å². The van der Waals surface area contributed by atoms with E-state index in [1.165, 1.54) is 23.2 Å². The number of likely N-dealkylation sites (tertiary alicyclic amines) is 1. The molecule has 2 aliphatic heterocycles. The third-order valence-electron chi connectivity index (χ3n) is 6.66. The molecule has 5 rings (SSSR count). The first-order chi connectivity index (χ1) is 15.7. The maximum atomic E-state index is 11.3. The number of carbonyl (C=O) groups is 1. The van der Waals surface area contributed by atoms with E-state index in [2.05, 4.69) is 40.5 Å². The molecule has 166 valence electrons. The molecule has 2 aliphatic rings. The summed E-state index contributed by atoms with van der Waals surface area (Å²) < 4.78 is 2.00. The highest BCUT2D eigenvalue weighted by Crippen LogP contribution is 2.36. The van der Waals surface area contributed by atoms with Gasteiger partial charge in [0.15, 0.2) is 0 Å². The molecule has 2 N–H and O–H groups in total. The van der Waals surface area contributed by atoms with E-state index >= 15 is 0 Å². The summed E-state index contributed by atoms with van der Waals surface area (Å²) in [6, 6.07) is 17.7. The monoisotopic (exact) mass is 430 g/mol. The minimum absolute atomic E-state index is 0.295. The van der Waals surface area contributed by atoms with Crippen LogP contribution in [0.5, 0.6) is 0 Å². The fraction of sp³-hybridized carbons (Fsp3) is 0.385. The first kappa shape index (κ1) is 20.8. The Morgan fingerprint density at radius 2 is 1.88 bits per heavy atom. The van der Waals surface area contributed by atoms with Crippen molar-refractivity contribution >= 4 is 11.8 Å². The average molecular weight is 431 g/mol. The quantitative estimate of drug-likeness (QED) is 0.614. The number of aromatic carboxylic acids is 1. The van der Waals surface area contributed by atoms with Crippen molar-refractivity contribution in [2.24, 2.45) is 0 Å². The lowest BCUT2D eigenvalue weighted by molar-refractivity contribution is 0.0697. The zero-order valence-corrected chi connectivity index (χ0v) is 18.3. The third-order valence-corrected chi connectivity index (χ3v) is 6.66. The number of nitrogens with one attached hydrogen (secondary N) is 1. The van der Waals surface area contributed by atoms with Crippen LogP contribution in [0.3, 0.4) is 0 Å². The molecule has 1 aromatic heterocycles. The summed E-state index contributed by atoms with van der Waals surface area (Å²) in [6.45, 7) is 4.07. The van der Waals surface area contributed by atoms with Gasteiger partial charge in [-0.05, 0) is 68.5 Å². The molecule has 0 spiro atoms. The number of rotatable bonds is 5. The molecule has 3 aromatic rings. The maximum absolute atomic E-state index is 11.3. The normalized spacial score (nSPS) is 19.1. The lowest BCUT2D eigenvalue weighted by atomic mass is 9.91. The van der Waals surface area contributed by atoms with Gasteiger partial charge in [-0.25, -0.2) is 9.48 Å². The second kappa shape index (κ2) is 9.17. The number of carboxylic acids is 1. The van der Waals surface area contributed by atoms with Gasteiger partial charge in [0, 0.05) is 31.1 Å². The summed E-state index contributed by atoms with van der Waals surface area (Å²) in [5, 5.41) is 18.0. The first-order valence-electron chi connectivity index (χ1n) is 11.6. The van der Waals surface area contributed by atoms with Crippen LogP contribution in [0.25, 0.3) is 5.69 Å². The van der Waals surface area contributed by atoms with Gasteiger partial charge < -0.3 is 10.4 Å². The summed E-state index contributed by atoms with van der Waals surface area (Å²) in [7, 11) is 0. The van der Waals surface area contributed by atoms with Crippen LogP contribution in [-0.4, -0.2) is 45.4 Å². The number of hydrogen-bond acceptors (Lipinski definition) is 4. The number of benzene rings is 2. The number of piperidine rings is 1. The van der Waals surface area contributed by atoms with Gasteiger partial charge in [-0.3, -0.25) is 4.90 Å². The van der Waals surface area contributed by atoms with Gasteiger partial charge in [0.05, 0.1) is 16.9 Å². The van der Waals surface area contributed by atoms with Crippen molar-refractivity contribution in [3.8, 4) is 5.69 Å². The van der Waals surface area contributed by atoms with Crippen LogP contribution in [0.15, 0.2) is 54.6 Å². The molecular formula is C26H30N4O2. The zero-order chi connectivity index (χ0) is 21.9. The summed E-state index contributed by atoms with van der Waals surface area (Å²) in [6.07, 6.45) is 5.70. The number of nitrogens with zero attached hydrogens (tertiary/aromatic N) is 3. The molecule has 0 bridgehead atoms. The molecule has 0 amide bonds. The lowest BCUT2D eigenvalue weighted by Gasteiger charge is -2.32. The van der Waals surface area contributed by atoms with Crippen molar-refractivity contribution < 1.29 is 9.90 Å². The van der Waals surface area contributed by atoms with Gasteiger partial charge in [0.25, 0.3) is 0 Å². The maximum Gasteiger partial charge on any atom is 0.335 e. The summed E-state index contributed by atoms with van der Waals surface area (Å²) >= 11 is 0. The molecule has 0 saturated carbocycles. The lowest BCUT2D eigenvalue weighted by Crippen LogP contribution is -2.34. The molecule has 2 aromatic carbocycles. The van der Waals surface area contributed by atoms with Crippen LogP contribution in [0.2, 0.25) is 0 Å². The summed E-state index contributed by atoms with van der Waals surface area (Å²) in [4.78, 5) is 13.8. The Bertz CT molecular complexity index is 1080. The van der Waals surface area contributed by atoms with E-state index in [4.69, 9.17) is 5.10 Å². The van der Waals surface area contributed by atoms with E-state index in [1.807, 2.05) is 16.8 Å². The fourth-order valence-electron chi connectivity index (χ4n) is 5.05. The van der Waals surface area contributed by atoms with Crippen LogP contribution in [0.1, 0.15) is 58.8 Å². The van der Waals surface area contributed by atoms with Crippen LogP contribution >= 0.6 is 0 Å². The smallest absolute Gasteiger partial charge is 0.335 e. The molecule has 0 aliphatic carbocycles. The standard InChI is InChI=1S/C26H30N4O2/c31-26(32)20-11-13-22(14-12-20)30-25-23(10-4-5-15-27-25)24(28-30)21-9-6-16-29(18-21)17-19-7-2-1-3-8-19/h1-3,7-8,11-14,21,27H,4-6,9-10,15-18H2,(H,31,32). The Hall–Kier alpha value is -3.12. The molecule has 1 atom stereocenters. The molecular weight excluding hydrogens is 400 g/mol. The highest BCUT2D eigenvalue weighted by Gasteiger charge is 2.29. The van der Waals surface area contributed by atoms with E-state index in [0.29, 0.717) is 11.5 Å². The van der Waals surface area contributed by atoms with E-state index < -0.39 is 5.97 Å². The van der Waals surface area contributed by atoms with Gasteiger partial charge in [-0.15, -0.1) is 0 Å². The number of anilines is 1. The average Bonchev–Trinajstić information content (AvgIpc) is 3.01. The number of fused-ring (bicyclic) bond motifs is 1. The van der Waals surface area contributed by atoms with Crippen molar-refractivity contribution in [2.75, 3.05) is 25.0 Å². The Morgan fingerprint density at radius 3 is 2.66 bits per heavy atom. The van der Waals surface area contributed by atoms with Crippen LogP contribution < -0.4 is 5.32 Å². The van der Waals surface area contributed by atoms with Crippen LogP contribution in [-0.2, 0) is 13.0 Å². The summed E-state index contributed by atoms with van der Waals surface area (Å²) in [5.74, 6) is 0.594. The topological polar surface area (TPSA) is 70.4 Å². The number of hydrogen-bond donors (Lipinski definition) is 2. The van der Waals surface area contributed by atoms with E-state index in [-0.39, 0.29) is 0 Å². The summed E-state index contributed by atoms with van der Waals surface area (Å²) in [5.41, 5.74) is 5.12. The third kappa shape index (κ3) is 4.28. The van der Waals surface area contributed by atoms with Crippen LogP contribution in [0, 0.1) is 0 Å². The predicted octanol–water partition coefficient (Wildman–Crippen LogP) is 4.70. The van der Waals surface area contributed by atoms with Gasteiger partial charge >= 0.3 is 5.97 Å². The number of aromatic nitrogens is 2. The highest BCUT2D eigenvalue weighted by molar-refractivity contribution is 5.87. The predicted molar refractivity (Wildman–Crippen MR) is 126 cm³/mol. The Kier molecular flexibility index (Phi) is 5.95. The molecule has 6 nitrogen and oxygen atoms in total. The second-order valence-electron chi connectivity index (χ2n) is 8.92. The van der Waals surface area contributed by atoms with Crippen molar-refractivity contribution in [3.63, 3.8) is 0 Å². The Balaban J connectivity index is 1.45. The largest absolute Gasteiger partial charge is 0.478 e. The van der Waals surface area contributed by atoms with Gasteiger partial charge in [-0.2, -0.15) is 5.10 Å². The first-order valence-corrected chi connectivity index (χ1v) is 11.6.